The van der Waals surface area contributed by atoms with Gasteiger partial charge in [0.2, 0.25) is 0 Å². The maximum atomic E-state index is 14.5. The number of oxazole rings is 1. The summed E-state index contributed by atoms with van der Waals surface area (Å²) in [4.78, 5) is 14.1. The van der Waals surface area contributed by atoms with Gasteiger partial charge in [0.15, 0.2) is 25.3 Å². The van der Waals surface area contributed by atoms with Crippen LogP contribution in [0.25, 0.3) is 11.1 Å². The summed E-state index contributed by atoms with van der Waals surface area (Å²) in [5.74, 6) is 4.69. The van der Waals surface area contributed by atoms with E-state index in [-0.39, 0.29) is 22.6 Å². The zero-order chi connectivity index (χ0) is 24.7. The van der Waals surface area contributed by atoms with Gasteiger partial charge in [-0.1, -0.05) is 30.0 Å². The first-order chi connectivity index (χ1) is 16.0. The molecule has 1 fully saturated rings. The monoisotopic (exact) mass is 506 g/mol. The number of benzene rings is 2. The number of rotatable bonds is 4. The maximum Gasteiger partial charge on any atom is 0.420 e. The van der Waals surface area contributed by atoms with E-state index in [1.165, 1.54) is 4.57 Å². The first-order valence-electron chi connectivity index (χ1n) is 10.5. The molecule has 0 amide bonds. The third-order valence-electron chi connectivity index (χ3n) is 5.83. The Labute approximate surface area is 196 Å². The SMILES string of the molecule is CC(c1ccccc1C#CCN1CCS(=O)(=O)CC1)n1c(=O)oc2cc(S(C)(=O)=O)c(F)cc21. The molecular formula is C23H23FN2O6S2. The van der Waals surface area contributed by atoms with Crippen molar-refractivity contribution in [1.82, 2.24) is 9.47 Å². The molecule has 0 N–H and O–H groups in total. The number of hydrogen-bond acceptors (Lipinski definition) is 7. The predicted octanol–water partition coefficient (Wildman–Crippen LogP) is 1.83. The molecule has 180 valence electrons. The van der Waals surface area contributed by atoms with E-state index >= 15 is 0 Å². The molecule has 1 unspecified atom stereocenters. The lowest BCUT2D eigenvalue weighted by Crippen LogP contribution is -2.40. The van der Waals surface area contributed by atoms with Crippen LogP contribution in [0.1, 0.15) is 24.1 Å². The molecule has 0 bridgehead atoms. The van der Waals surface area contributed by atoms with Crippen LogP contribution in [0.2, 0.25) is 0 Å². The molecule has 4 rings (SSSR count). The quantitative estimate of drug-likeness (QED) is 0.497. The van der Waals surface area contributed by atoms with E-state index in [2.05, 4.69) is 11.8 Å². The van der Waals surface area contributed by atoms with Gasteiger partial charge in [-0.3, -0.25) is 9.47 Å². The van der Waals surface area contributed by atoms with Crippen molar-refractivity contribution >= 4 is 30.8 Å². The number of fused-ring (bicyclic) bond motifs is 1. The fraction of sp³-hybridized carbons (Fsp3) is 0.348. The number of hydrogen-bond donors (Lipinski definition) is 0. The lowest BCUT2D eigenvalue weighted by molar-refractivity contribution is 0.332. The Morgan fingerprint density at radius 1 is 1.18 bits per heavy atom. The highest BCUT2D eigenvalue weighted by Crippen LogP contribution is 2.28. The topological polar surface area (TPSA) is 107 Å². The van der Waals surface area contributed by atoms with Gasteiger partial charge in [0.1, 0.15) is 10.7 Å². The Balaban J connectivity index is 1.66. The van der Waals surface area contributed by atoms with Gasteiger partial charge in [0.25, 0.3) is 0 Å². The summed E-state index contributed by atoms with van der Waals surface area (Å²) >= 11 is 0. The van der Waals surface area contributed by atoms with Crippen molar-refractivity contribution in [1.29, 1.82) is 0 Å². The van der Waals surface area contributed by atoms with Gasteiger partial charge < -0.3 is 4.42 Å². The van der Waals surface area contributed by atoms with Crippen molar-refractivity contribution in [2.75, 3.05) is 37.4 Å². The molecule has 2 aromatic carbocycles. The third kappa shape index (κ3) is 4.94. The first kappa shape index (κ1) is 24.2. The van der Waals surface area contributed by atoms with Crippen molar-refractivity contribution in [2.24, 2.45) is 0 Å². The molecule has 34 heavy (non-hydrogen) atoms. The molecule has 0 saturated carbocycles. The molecule has 0 aliphatic carbocycles. The van der Waals surface area contributed by atoms with Crippen molar-refractivity contribution in [3.8, 4) is 11.8 Å². The minimum atomic E-state index is -3.84. The highest BCUT2D eigenvalue weighted by Gasteiger charge is 2.23. The lowest BCUT2D eigenvalue weighted by atomic mass is 10.0. The van der Waals surface area contributed by atoms with E-state index in [1.54, 1.807) is 25.1 Å². The largest absolute Gasteiger partial charge is 0.420 e. The van der Waals surface area contributed by atoms with Crippen LogP contribution in [0, 0.1) is 17.7 Å². The van der Waals surface area contributed by atoms with Crippen LogP contribution in [0.3, 0.4) is 0 Å². The van der Waals surface area contributed by atoms with E-state index in [0.29, 0.717) is 30.8 Å². The standard InChI is InChI=1S/C23H23FN2O6S2/c1-16(26-20-14-19(24)22(33(2,28)29)15-21(20)32-23(26)27)18-8-4-3-6-17(18)7-5-9-25-10-12-34(30,31)13-11-25/h3-4,6,8,14-16H,9-13H2,1-2H3. The Bertz CT molecular complexity index is 1580. The average molecular weight is 507 g/mol. The summed E-state index contributed by atoms with van der Waals surface area (Å²) in [5, 5.41) is 0. The molecule has 1 aliphatic heterocycles. The van der Waals surface area contributed by atoms with E-state index in [4.69, 9.17) is 4.42 Å². The van der Waals surface area contributed by atoms with Gasteiger partial charge in [0.05, 0.1) is 29.6 Å². The Kier molecular flexibility index (Phi) is 6.42. The van der Waals surface area contributed by atoms with E-state index in [9.17, 15) is 26.0 Å². The van der Waals surface area contributed by atoms with Gasteiger partial charge >= 0.3 is 5.76 Å². The van der Waals surface area contributed by atoms with Crippen LogP contribution < -0.4 is 5.76 Å². The fourth-order valence-corrected chi connectivity index (χ4v) is 5.97. The number of halogens is 1. The molecule has 1 aliphatic rings. The second-order valence-corrected chi connectivity index (χ2v) is 12.5. The fourth-order valence-electron chi connectivity index (χ4n) is 3.96. The molecule has 1 aromatic heterocycles. The minimum Gasteiger partial charge on any atom is -0.408 e. The van der Waals surface area contributed by atoms with Crippen molar-refractivity contribution < 1.29 is 25.6 Å². The number of nitrogens with zero attached hydrogens (tertiary/aromatic N) is 2. The average Bonchev–Trinajstić information content (AvgIpc) is 3.08. The summed E-state index contributed by atoms with van der Waals surface area (Å²) in [6, 6.07) is 8.64. The van der Waals surface area contributed by atoms with Crippen LogP contribution in [-0.2, 0) is 19.7 Å². The second-order valence-electron chi connectivity index (χ2n) is 8.25. The van der Waals surface area contributed by atoms with Crippen LogP contribution >= 0.6 is 0 Å². The molecule has 0 spiro atoms. The molecule has 8 nitrogen and oxygen atoms in total. The minimum absolute atomic E-state index is 0.0257. The summed E-state index contributed by atoms with van der Waals surface area (Å²) in [5.41, 5.74) is 1.48. The van der Waals surface area contributed by atoms with Crippen molar-refractivity contribution in [2.45, 2.75) is 17.9 Å². The third-order valence-corrected chi connectivity index (χ3v) is 8.55. The molecule has 11 heteroatoms. The first-order valence-corrected chi connectivity index (χ1v) is 14.2. The zero-order valence-corrected chi connectivity index (χ0v) is 20.2. The van der Waals surface area contributed by atoms with Crippen LogP contribution in [0.4, 0.5) is 4.39 Å². The Hall–Kier alpha value is -2.94. The highest BCUT2D eigenvalue weighted by atomic mass is 32.2. The van der Waals surface area contributed by atoms with Gasteiger partial charge in [-0.15, -0.1) is 0 Å². The van der Waals surface area contributed by atoms with Crippen molar-refractivity contribution in [3.63, 3.8) is 0 Å². The van der Waals surface area contributed by atoms with E-state index in [1.807, 2.05) is 11.0 Å². The predicted molar refractivity (Wildman–Crippen MR) is 126 cm³/mol. The van der Waals surface area contributed by atoms with Crippen LogP contribution in [0.5, 0.6) is 0 Å². The summed E-state index contributed by atoms with van der Waals surface area (Å²) in [6.07, 6.45) is 0.882. The van der Waals surface area contributed by atoms with Gasteiger partial charge in [-0.05, 0) is 18.6 Å². The second kappa shape index (κ2) is 9.02. The van der Waals surface area contributed by atoms with Gasteiger partial charge in [0, 0.05) is 37.0 Å². The maximum absolute atomic E-state index is 14.5. The lowest BCUT2D eigenvalue weighted by Gasteiger charge is -2.24. The van der Waals surface area contributed by atoms with Gasteiger partial charge in [-0.25, -0.2) is 26.0 Å². The summed E-state index contributed by atoms with van der Waals surface area (Å²) < 4.78 is 67.8. The number of aromatic nitrogens is 1. The Morgan fingerprint density at radius 2 is 1.85 bits per heavy atom. The molecule has 3 aromatic rings. The highest BCUT2D eigenvalue weighted by molar-refractivity contribution is 7.91. The molecular weight excluding hydrogens is 483 g/mol. The Morgan fingerprint density at radius 3 is 2.53 bits per heavy atom. The molecule has 2 heterocycles. The van der Waals surface area contributed by atoms with Gasteiger partial charge in [-0.2, -0.15) is 0 Å². The summed E-state index contributed by atoms with van der Waals surface area (Å²) in [7, 11) is -6.80. The summed E-state index contributed by atoms with van der Waals surface area (Å²) in [6.45, 7) is 3.03. The molecule has 0 radical (unpaired) electrons. The van der Waals surface area contributed by atoms with E-state index < -0.39 is 42.2 Å². The molecule has 1 atom stereocenters. The normalized spacial score (nSPS) is 17.3. The van der Waals surface area contributed by atoms with Crippen LogP contribution in [-0.4, -0.2) is 63.7 Å². The smallest absolute Gasteiger partial charge is 0.408 e. The zero-order valence-electron chi connectivity index (χ0n) is 18.6. The van der Waals surface area contributed by atoms with Crippen LogP contribution in [0.15, 0.2) is 50.5 Å². The number of sulfone groups is 2. The molecule has 1 saturated heterocycles. The van der Waals surface area contributed by atoms with E-state index in [0.717, 1.165) is 18.4 Å². The van der Waals surface area contributed by atoms with Crippen molar-refractivity contribution in [3.05, 3.63) is 63.9 Å².